The molecule has 6 heteroatoms. The molecule has 2 aromatic carbocycles. The quantitative estimate of drug-likeness (QED) is 0.722. The molecule has 1 amide bonds. The number of benzene rings is 2. The molecule has 0 saturated heterocycles. The summed E-state index contributed by atoms with van der Waals surface area (Å²) in [5.41, 5.74) is 0.210. The van der Waals surface area contributed by atoms with Crippen molar-refractivity contribution in [3.05, 3.63) is 71.0 Å². The second-order valence-electron chi connectivity index (χ2n) is 6.22. The number of nitrogens with zero attached hydrogens (tertiary/aromatic N) is 1. The van der Waals surface area contributed by atoms with E-state index >= 15 is 0 Å². The van der Waals surface area contributed by atoms with E-state index < -0.39 is 11.7 Å². The van der Waals surface area contributed by atoms with Crippen LogP contribution in [0.5, 0.6) is 0 Å². The molecule has 0 N–H and O–H groups in total. The van der Waals surface area contributed by atoms with Crippen LogP contribution in [0.25, 0.3) is 0 Å². The lowest BCUT2D eigenvalue weighted by Gasteiger charge is -2.23. The first-order valence-corrected chi connectivity index (χ1v) is 8.03. The van der Waals surface area contributed by atoms with E-state index in [9.17, 15) is 22.4 Å². The molecular formula is C19H17F4NO. The van der Waals surface area contributed by atoms with Crippen molar-refractivity contribution in [2.24, 2.45) is 0 Å². The van der Waals surface area contributed by atoms with E-state index in [-0.39, 0.29) is 30.7 Å². The van der Waals surface area contributed by atoms with Crippen LogP contribution in [0, 0.1) is 5.82 Å². The van der Waals surface area contributed by atoms with Crippen LogP contribution in [0.3, 0.4) is 0 Å². The molecular weight excluding hydrogens is 334 g/mol. The summed E-state index contributed by atoms with van der Waals surface area (Å²) in [6.45, 7) is 0.177. The molecule has 2 nitrogen and oxygen atoms in total. The van der Waals surface area contributed by atoms with Crippen molar-refractivity contribution in [2.75, 3.05) is 0 Å². The minimum atomic E-state index is -4.40. The summed E-state index contributed by atoms with van der Waals surface area (Å²) in [6.07, 6.45) is -2.66. The van der Waals surface area contributed by atoms with Gasteiger partial charge in [0.05, 0.1) is 12.0 Å². The number of carbonyl (C=O) groups excluding carboxylic acids is 1. The number of halogens is 4. The van der Waals surface area contributed by atoms with Crippen molar-refractivity contribution < 1.29 is 22.4 Å². The summed E-state index contributed by atoms with van der Waals surface area (Å²) in [5.74, 6) is -0.569. The zero-order valence-corrected chi connectivity index (χ0v) is 13.4. The summed E-state index contributed by atoms with van der Waals surface area (Å²) < 4.78 is 51.6. The van der Waals surface area contributed by atoms with Crippen LogP contribution in [-0.2, 0) is 23.9 Å². The SMILES string of the molecule is O=C(Cc1ccc(C(F)(F)F)cc1)N(Cc1ccccc1F)C1CC1. The monoisotopic (exact) mass is 351 g/mol. The van der Waals surface area contributed by atoms with Gasteiger partial charge < -0.3 is 4.90 Å². The van der Waals surface area contributed by atoms with Gasteiger partial charge >= 0.3 is 6.18 Å². The van der Waals surface area contributed by atoms with Crippen molar-refractivity contribution in [3.8, 4) is 0 Å². The Labute approximate surface area is 143 Å². The van der Waals surface area contributed by atoms with E-state index in [1.165, 1.54) is 18.2 Å². The van der Waals surface area contributed by atoms with E-state index in [2.05, 4.69) is 0 Å². The molecule has 3 rings (SSSR count). The Hall–Kier alpha value is -2.37. The van der Waals surface area contributed by atoms with Gasteiger partial charge in [-0.2, -0.15) is 13.2 Å². The van der Waals surface area contributed by atoms with Crippen LogP contribution in [0.4, 0.5) is 17.6 Å². The third kappa shape index (κ3) is 4.38. The highest BCUT2D eigenvalue weighted by atomic mass is 19.4. The minimum absolute atomic E-state index is 0.00307. The molecule has 0 aromatic heterocycles. The molecule has 1 aliphatic rings. The van der Waals surface area contributed by atoms with Crippen molar-refractivity contribution in [2.45, 2.75) is 38.0 Å². The van der Waals surface area contributed by atoms with Gasteiger partial charge in [0.25, 0.3) is 0 Å². The Kier molecular flexibility index (Phi) is 4.79. The highest BCUT2D eigenvalue weighted by molar-refractivity contribution is 5.79. The third-order valence-electron chi connectivity index (χ3n) is 4.24. The maximum atomic E-state index is 13.8. The van der Waals surface area contributed by atoms with Crippen molar-refractivity contribution >= 4 is 5.91 Å². The predicted molar refractivity (Wildman–Crippen MR) is 85.1 cm³/mol. The van der Waals surface area contributed by atoms with Crippen molar-refractivity contribution in [3.63, 3.8) is 0 Å². The van der Waals surface area contributed by atoms with E-state index in [1.807, 2.05) is 0 Å². The zero-order valence-electron chi connectivity index (χ0n) is 13.4. The van der Waals surface area contributed by atoms with Gasteiger partial charge in [-0.15, -0.1) is 0 Å². The van der Waals surface area contributed by atoms with E-state index in [4.69, 9.17) is 0 Å². The van der Waals surface area contributed by atoms with E-state index in [0.29, 0.717) is 11.1 Å². The molecule has 1 aliphatic carbocycles. The highest BCUT2D eigenvalue weighted by Crippen LogP contribution is 2.31. The largest absolute Gasteiger partial charge is 0.416 e. The molecule has 132 valence electrons. The van der Waals surface area contributed by atoms with Gasteiger partial charge in [0.15, 0.2) is 0 Å². The summed E-state index contributed by atoms with van der Waals surface area (Å²) in [7, 11) is 0. The third-order valence-corrected chi connectivity index (χ3v) is 4.24. The lowest BCUT2D eigenvalue weighted by atomic mass is 10.1. The first-order chi connectivity index (χ1) is 11.8. The van der Waals surface area contributed by atoms with Crippen LogP contribution >= 0.6 is 0 Å². The summed E-state index contributed by atoms with van der Waals surface area (Å²) in [6, 6.07) is 10.9. The Morgan fingerprint density at radius 3 is 2.24 bits per heavy atom. The van der Waals surface area contributed by atoms with Crippen LogP contribution in [-0.4, -0.2) is 16.8 Å². The van der Waals surface area contributed by atoms with Gasteiger partial charge in [-0.1, -0.05) is 30.3 Å². The second kappa shape index (κ2) is 6.86. The Morgan fingerprint density at radius 2 is 1.68 bits per heavy atom. The normalized spacial score (nSPS) is 14.4. The Bertz CT molecular complexity index is 751. The van der Waals surface area contributed by atoms with Gasteiger partial charge in [0.2, 0.25) is 5.91 Å². The highest BCUT2D eigenvalue weighted by Gasteiger charge is 2.33. The molecule has 1 saturated carbocycles. The maximum absolute atomic E-state index is 13.8. The Morgan fingerprint density at radius 1 is 1.04 bits per heavy atom. The second-order valence-corrected chi connectivity index (χ2v) is 6.22. The fourth-order valence-corrected chi connectivity index (χ4v) is 2.71. The van der Waals surface area contributed by atoms with E-state index in [1.54, 1.807) is 23.1 Å². The van der Waals surface area contributed by atoms with Crippen LogP contribution in [0.2, 0.25) is 0 Å². The smallest absolute Gasteiger partial charge is 0.335 e. The van der Waals surface area contributed by atoms with Gasteiger partial charge in [-0.05, 0) is 36.6 Å². The number of hydrogen-bond acceptors (Lipinski definition) is 1. The van der Waals surface area contributed by atoms with Crippen molar-refractivity contribution in [1.82, 2.24) is 4.90 Å². The Balaban J connectivity index is 1.70. The number of hydrogen-bond donors (Lipinski definition) is 0. The van der Waals surface area contributed by atoms with Gasteiger partial charge in [-0.25, -0.2) is 4.39 Å². The minimum Gasteiger partial charge on any atom is -0.335 e. The van der Waals surface area contributed by atoms with E-state index in [0.717, 1.165) is 25.0 Å². The molecule has 2 aromatic rings. The van der Waals surface area contributed by atoms with Gasteiger partial charge in [0, 0.05) is 18.2 Å². The number of alkyl halides is 3. The summed E-state index contributed by atoms with van der Waals surface area (Å²) in [5, 5.41) is 0. The fourth-order valence-electron chi connectivity index (χ4n) is 2.71. The topological polar surface area (TPSA) is 20.3 Å². The molecule has 0 unspecified atom stereocenters. The maximum Gasteiger partial charge on any atom is 0.416 e. The molecule has 0 spiro atoms. The molecule has 1 fully saturated rings. The summed E-state index contributed by atoms with van der Waals surface area (Å²) >= 11 is 0. The fraction of sp³-hybridized carbons (Fsp3) is 0.316. The average molecular weight is 351 g/mol. The van der Waals surface area contributed by atoms with Crippen molar-refractivity contribution in [1.29, 1.82) is 0 Å². The lowest BCUT2D eigenvalue weighted by molar-refractivity contribution is -0.137. The van der Waals surface area contributed by atoms with Crippen LogP contribution < -0.4 is 0 Å². The number of carbonyl (C=O) groups is 1. The molecule has 25 heavy (non-hydrogen) atoms. The molecule has 0 aliphatic heterocycles. The van der Waals surface area contributed by atoms with Gasteiger partial charge in [0.1, 0.15) is 5.82 Å². The standard InChI is InChI=1S/C19H17F4NO/c20-17-4-2-1-3-14(17)12-24(16-9-10-16)18(25)11-13-5-7-15(8-6-13)19(21,22)23/h1-8,16H,9-12H2. The zero-order chi connectivity index (χ0) is 18.0. The molecule has 0 radical (unpaired) electrons. The molecule has 0 heterocycles. The number of amides is 1. The first-order valence-electron chi connectivity index (χ1n) is 8.03. The number of rotatable bonds is 5. The predicted octanol–water partition coefficient (Wildman–Crippen LogP) is 4.58. The molecule has 0 atom stereocenters. The average Bonchev–Trinajstić information content (AvgIpc) is 3.38. The van der Waals surface area contributed by atoms with Crippen LogP contribution in [0.1, 0.15) is 29.5 Å². The van der Waals surface area contributed by atoms with Crippen LogP contribution in [0.15, 0.2) is 48.5 Å². The lowest BCUT2D eigenvalue weighted by Crippen LogP contribution is -2.34. The first kappa shape index (κ1) is 17.5. The summed E-state index contributed by atoms with van der Waals surface area (Å²) in [4.78, 5) is 14.2. The molecule has 0 bridgehead atoms. The van der Waals surface area contributed by atoms with Gasteiger partial charge in [-0.3, -0.25) is 4.79 Å².